The maximum absolute atomic E-state index is 12.4. The van der Waals surface area contributed by atoms with Crippen LogP contribution in [0.15, 0.2) is 42.5 Å². The van der Waals surface area contributed by atoms with Crippen molar-refractivity contribution in [3.8, 4) is 11.5 Å². The number of likely N-dealkylation sites (N-methyl/N-ethyl adjacent to an activating group) is 1. The molecular formula is C20H22N4O5. The molecule has 2 aromatic carbocycles. The van der Waals surface area contributed by atoms with Crippen molar-refractivity contribution in [3.05, 3.63) is 53.6 Å². The molecule has 0 saturated heterocycles. The van der Waals surface area contributed by atoms with E-state index < -0.39 is 11.8 Å². The van der Waals surface area contributed by atoms with Crippen LogP contribution in [-0.4, -0.2) is 55.5 Å². The van der Waals surface area contributed by atoms with Crippen molar-refractivity contribution in [1.82, 2.24) is 4.90 Å². The highest BCUT2D eigenvalue weighted by Crippen LogP contribution is 2.30. The molecule has 0 radical (unpaired) electrons. The van der Waals surface area contributed by atoms with Crippen LogP contribution in [0.4, 0.5) is 5.69 Å². The van der Waals surface area contributed by atoms with Crippen LogP contribution in [0.3, 0.4) is 0 Å². The minimum absolute atomic E-state index is 0.0637. The van der Waals surface area contributed by atoms with Crippen LogP contribution in [0.5, 0.6) is 11.5 Å². The van der Waals surface area contributed by atoms with Gasteiger partial charge in [-0.05, 0) is 37.4 Å². The standard InChI is InChI=1S/C20H22N4O5/c1-24(9-15-11-28-16-4-2-3-5-17(16)29-15)10-18(25)23-14-7-12(19(21)26)6-13(8-14)20(22)27/h2-8,15H,9-11H2,1H3,(H2,21,26)(H2,22,27)(H,23,25). The second-order valence-electron chi connectivity index (χ2n) is 6.77. The maximum atomic E-state index is 12.4. The Kier molecular flexibility index (Phi) is 5.99. The van der Waals surface area contributed by atoms with Gasteiger partial charge in [-0.3, -0.25) is 19.3 Å². The lowest BCUT2D eigenvalue weighted by molar-refractivity contribution is -0.117. The number of benzene rings is 2. The average molecular weight is 398 g/mol. The molecule has 3 rings (SSSR count). The quantitative estimate of drug-likeness (QED) is 0.624. The number of nitrogens with one attached hydrogen (secondary N) is 1. The van der Waals surface area contributed by atoms with Crippen molar-refractivity contribution in [2.45, 2.75) is 6.10 Å². The van der Waals surface area contributed by atoms with Crippen molar-refractivity contribution >= 4 is 23.4 Å². The van der Waals surface area contributed by atoms with Gasteiger partial charge < -0.3 is 26.3 Å². The second kappa shape index (κ2) is 8.61. The van der Waals surface area contributed by atoms with Gasteiger partial charge in [0.15, 0.2) is 11.5 Å². The molecule has 0 aromatic heterocycles. The maximum Gasteiger partial charge on any atom is 0.248 e. The van der Waals surface area contributed by atoms with Gasteiger partial charge in [0, 0.05) is 23.4 Å². The fraction of sp³-hybridized carbons (Fsp3) is 0.250. The lowest BCUT2D eigenvalue weighted by atomic mass is 10.1. The van der Waals surface area contributed by atoms with Crippen molar-refractivity contribution in [1.29, 1.82) is 0 Å². The summed E-state index contributed by atoms with van der Waals surface area (Å²) in [6.07, 6.45) is -0.220. The minimum atomic E-state index is -0.726. The molecule has 0 bridgehead atoms. The Morgan fingerprint density at radius 3 is 2.31 bits per heavy atom. The van der Waals surface area contributed by atoms with Crippen LogP contribution in [0.2, 0.25) is 0 Å². The first kappa shape index (κ1) is 20.2. The Balaban J connectivity index is 1.58. The van der Waals surface area contributed by atoms with E-state index >= 15 is 0 Å². The zero-order valence-corrected chi connectivity index (χ0v) is 15.9. The SMILES string of the molecule is CN(CC(=O)Nc1cc(C(N)=O)cc(C(N)=O)c1)CC1COc2ccccc2O1. The zero-order valence-electron chi connectivity index (χ0n) is 15.9. The van der Waals surface area contributed by atoms with Gasteiger partial charge in [-0.25, -0.2) is 0 Å². The number of rotatable bonds is 7. The Hall–Kier alpha value is -3.59. The van der Waals surface area contributed by atoms with Gasteiger partial charge in [0.1, 0.15) is 12.7 Å². The number of anilines is 1. The van der Waals surface area contributed by atoms with Gasteiger partial charge in [0.2, 0.25) is 17.7 Å². The highest BCUT2D eigenvalue weighted by molar-refractivity contribution is 6.01. The van der Waals surface area contributed by atoms with E-state index in [1.165, 1.54) is 18.2 Å². The molecule has 1 unspecified atom stereocenters. The third-order valence-corrected chi connectivity index (χ3v) is 4.28. The normalized spacial score (nSPS) is 15.0. The first-order chi connectivity index (χ1) is 13.8. The predicted molar refractivity (Wildman–Crippen MR) is 106 cm³/mol. The Labute approximate surface area is 167 Å². The van der Waals surface area contributed by atoms with Crippen molar-refractivity contribution in [3.63, 3.8) is 0 Å². The van der Waals surface area contributed by atoms with Crippen molar-refractivity contribution in [2.24, 2.45) is 11.5 Å². The first-order valence-electron chi connectivity index (χ1n) is 8.93. The third kappa shape index (κ3) is 5.23. The molecule has 1 heterocycles. The number of nitrogens with two attached hydrogens (primary N) is 2. The number of fused-ring (bicyclic) bond motifs is 1. The lowest BCUT2D eigenvalue weighted by Gasteiger charge is -2.29. The van der Waals surface area contributed by atoms with Crippen LogP contribution in [-0.2, 0) is 4.79 Å². The number of ether oxygens (including phenoxy) is 2. The number of hydrogen-bond acceptors (Lipinski definition) is 6. The Morgan fingerprint density at radius 1 is 1.07 bits per heavy atom. The largest absolute Gasteiger partial charge is 0.486 e. The van der Waals surface area contributed by atoms with E-state index in [-0.39, 0.29) is 35.4 Å². The summed E-state index contributed by atoms with van der Waals surface area (Å²) in [6, 6.07) is 11.5. The van der Waals surface area contributed by atoms with Gasteiger partial charge in [0.25, 0.3) is 0 Å². The zero-order chi connectivity index (χ0) is 21.0. The highest BCUT2D eigenvalue weighted by atomic mass is 16.6. The van der Waals surface area contributed by atoms with Crippen LogP contribution >= 0.6 is 0 Å². The predicted octanol–water partition coefficient (Wildman–Crippen LogP) is 0.595. The molecule has 0 saturated carbocycles. The van der Waals surface area contributed by atoms with E-state index in [1.54, 1.807) is 11.9 Å². The summed E-state index contributed by atoms with van der Waals surface area (Å²) in [5, 5.41) is 2.65. The van der Waals surface area contributed by atoms with Crippen LogP contribution in [0, 0.1) is 0 Å². The number of nitrogens with zero attached hydrogens (tertiary/aromatic N) is 1. The Bertz CT molecular complexity index is 914. The average Bonchev–Trinajstić information content (AvgIpc) is 2.67. The fourth-order valence-electron chi connectivity index (χ4n) is 3.00. The van der Waals surface area contributed by atoms with E-state index in [4.69, 9.17) is 20.9 Å². The molecule has 29 heavy (non-hydrogen) atoms. The molecule has 0 fully saturated rings. The molecule has 9 nitrogen and oxygen atoms in total. The molecule has 1 aliphatic rings. The number of amides is 3. The summed E-state index contributed by atoms with van der Waals surface area (Å²) in [6.45, 7) is 0.912. The molecule has 0 spiro atoms. The van der Waals surface area contributed by atoms with Gasteiger partial charge >= 0.3 is 0 Å². The van der Waals surface area contributed by atoms with E-state index in [0.29, 0.717) is 24.7 Å². The number of para-hydroxylation sites is 2. The number of carbonyl (C=O) groups excluding carboxylic acids is 3. The lowest BCUT2D eigenvalue weighted by Crippen LogP contribution is -2.42. The molecule has 1 atom stereocenters. The van der Waals surface area contributed by atoms with E-state index in [9.17, 15) is 14.4 Å². The summed E-state index contributed by atoms with van der Waals surface area (Å²) < 4.78 is 11.6. The molecule has 152 valence electrons. The van der Waals surface area contributed by atoms with Crippen molar-refractivity contribution in [2.75, 3.05) is 32.1 Å². The fourth-order valence-corrected chi connectivity index (χ4v) is 3.00. The molecule has 1 aliphatic heterocycles. The summed E-state index contributed by atoms with van der Waals surface area (Å²) in [5.74, 6) is -0.417. The molecule has 3 amide bonds. The van der Waals surface area contributed by atoms with Crippen LogP contribution < -0.4 is 26.3 Å². The monoisotopic (exact) mass is 398 g/mol. The molecule has 2 aromatic rings. The first-order valence-corrected chi connectivity index (χ1v) is 8.93. The summed E-state index contributed by atoms with van der Waals surface area (Å²) in [7, 11) is 1.78. The van der Waals surface area contributed by atoms with Gasteiger partial charge in [-0.15, -0.1) is 0 Å². The minimum Gasteiger partial charge on any atom is -0.486 e. The topological polar surface area (TPSA) is 137 Å². The second-order valence-corrected chi connectivity index (χ2v) is 6.77. The number of carbonyl (C=O) groups is 3. The molecular weight excluding hydrogens is 376 g/mol. The van der Waals surface area contributed by atoms with Crippen molar-refractivity contribution < 1.29 is 23.9 Å². The highest BCUT2D eigenvalue weighted by Gasteiger charge is 2.22. The Morgan fingerprint density at radius 2 is 1.69 bits per heavy atom. The third-order valence-electron chi connectivity index (χ3n) is 4.28. The van der Waals surface area contributed by atoms with E-state index in [2.05, 4.69) is 5.32 Å². The molecule has 9 heteroatoms. The smallest absolute Gasteiger partial charge is 0.248 e. The van der Waals surface area contributed by atoms with Gasteiger partial charge in [-0.1, -0.05) is 12.1 Å². The van der Waals surface area contributed by atoms with E-state index in [1.807, 2.05) is 24.3 Å². The molecule has 5 N–H and O–H groups in total. The number of primary amides is 2. The summed E-state index contributed by atoms with van der Waals surface area (Å²) in [4.78, 5) is 37.0. The van der Waals surface area contributed by atoms with Crippen LogP contribution in [0.25, 0.3) is 0 Å². The van der Waals surface area contributed by atoms with Crippen LogP contribution in [0.1, 0.15) is 20.7 Å². The summed E-state index contributed by atoms with van der Waals surface area (Å²) in [5.41, 5.74) is 11.0. The van der Waals surface area contributed by atoms with Gasteiger partial charge in [0.05, 0.1) is 6.54 Å². The molecule has 0 aliphatic carbocycles. The summed E-state index contributed by atoms with van der Waals surface area (Å²) >= 11 is 0. The van der Waals surface area contributed by atoms with Gasteiger partial charge in [-0.2, -0.15) is 0 Å². The van der Waals surface area contributed by atoms with E-state index in [0.717, 1.165) is 0 Å². The number of hydrogen-bond donors (Lipinski definition) is 3.